The third-order valence-electron chi connectivity index (χ3n) is 3.75. The summed E-state index contributed by atoms with van der Waals surface area (Å²) in [5.74, 6) is 2.01. The van der Waals surface area contributed by atoms with E-state index >= 15 is 0 Å². The lowest BCUT2D eigenvalue weighted by molar-refractivity contribution is 0.104. The molecule has 0 bridgehead atoms. The lowest BCUT2D eigenvalue weighted by Crippen LogP contribution is -1.97. The van der Waals surface area contributed by atoms with Gasteiger partial charge in [-0.25, -0.2) is 0 Å². The van der Waals surface area contributed by atoms with Crippen molar-refractivity contribution in [3.8, 4) is 17.2 Å². The minimum Gasteiger partial charge on any atom is -0.497 e. The Balaban J connectivity index is 2.18. The van der Waals surface area contributed by atoms with E-state index < -0.39 is 0 Å². The highest BCUT2D eigenvalue weighted by Crippen LogP contribution is 2.29. The van der Waals surface area contributed by atoms with E-state index in [1.54, 1.807) is 56.7 Å². The second-order valence-electron chi connectivity index (χ2n) is 5.37. The third kappa shape index (κ3) is 4.73. The highest BCUT2D eigenvalue weighted by atomic mass is 16.5. The molecule has 0 unspecified atom stereocenters. The Labute approximate surface area is 148 Å². The van der Waals surface area contributed by atoms with Crippen LogP contribution >= 0.6 is 0 Å². The van der Waals surface area contributed by atoms with Gasteiger partial charge in [-0.1, -0.05) is 18.7 Å². The highest BCUT2D eigenvalue weighted by Gasteiger charge is 2.08. The zero-order valence-electron chi connectivity index (χ0n) is 14.7. The van der Waals surface area contributed by atoms with Gasteiger partial charge >= 0.3 is 0 Å². The van der Waals surface area contributed by atoms with Crippen LogP contribution in [0.2, 0.25) is 0 Å². The Morgan fingerprint density at radius 3 is 2.40 bits per heavy atom. The monoisotopic (exact) mass is 338 g/mol. The number of allylic oxidation sites excluding steroid dienone is 1. The summed E-state index contributed by atoms with van der Waals surface area (Å²) in [5.41, 5.74) is 2.41. The molecule has 2 aromatic rings. The summed E-state index contributed by atoms with van der Waals surface area (Å²) in [6, 6.07) is 10.7. The zero-order chi connectivity index (χ0) is 18.2. The number of benzene rings is 2. The molecule has 0 radical (unpaired) electrons. The Kier molecular flexibility index (Phi) is 6.40. The van der Waals surface area contributed by atoms with Gasteiger partial charge in [-0.15, -0.1) is 0 Å². The fraction of sp³-hybridized carbons (Fsp3) is 0.190. The van der Waals surface area contributed by atoms with Crippen LogP contribution in [0.5, 0.6) is 17.2 Å². The van der Waals surface area contributed by atoms with Gasteiger partial charge in [0.15, 0.2) is 5.78 Å². The summed E-state index contributed by atoms with van der Waals surface area (Å²) in [6.07, 6.45) is 4.98. The summed E-state index contributed by atoms with van der Waals surface area (Å²) in [7, 11) is 3.20. The molecule has 25 heavy (non-hydrogen) atoms. The van der Waals surface area contributed by atoms with Gasteiger partial charge in [0.2, 0.25) is 0 Å². The maximum Gasteiger partial charge on any atom is 0.185 e. The van der Waals surface area contributed by atoms with Gasteiger partial charge in [0, 0.05) is 11.6 Å². The SMILES string of the molecule is C=CCOc1ccc(C(=O)C=Cc2cc(OC)cc(OC)c2C)cc1. The molecule has 0 aromatic heterocycles. The Morgan fingerprint density at radius 1 is 1.08 bits per heavy atom. The van der Waals surface area contributed by atoms with E-state index in [4.69, 9.17) is 14.2 Å². The predicted molar refractivity (Wildman–Crippen MR) is 99.8 cm³/mol. The zero-order valence-corrected chi connectivity index (χ0v) is 14.7. The maximum absolute atomic E-state index is 12.4. The highest BCUT2D eigenvalue weighted by molar-refractivity contribution is 6.07. The maximum atomic E-state index is 12.4. The van der Waals surface area contributed by atoms with Crippen molar-refractivity contribution in [1.82, 2.24) is 0 Å². The van der Waals surface area contributed by atoms with Gasteiger partial charge in [0.1, 0.15) is 23.9 Å². The fourth-order valence-electron chi connectivity index (χ4n) is 2.32. The van der Waals surface area contributed by atoms with Crippen LogP contribution in [0.4, 0.5) is 0 Å². The van der Waals surface area contributed by atoms with Crippen LogP contribution in [0.1, 0.15) is 21.5 Å². The topological polar surface area (TPSA) is 44.8 Å². The normalized spacial score (nSPS) is 10.5. The van der Waals surface area contributed by atoms with Crippen molar-refractivity contribution in [2.24, 2.45) is 0 Å². The molecule has 4 nitrogen and oxygen atoms in total. The van der Waals surface area contributed by atoms with E-state index in [-0.39, 0.29) is 5.78 Å². The Hall–Kier alpha value is -3.01. The summed E-state index contributed by atoms with van der Waals surface area (Å²) in [6.45, 7) is 5.97. The van der Waals surface area contributed by atoms with Crippen molar-refractivity contribution in [3.63, 3.8) is 0 Å². The lowest BCUT2D eigenvalue weighted by atomic mass is 10.0. The van der Waals surface area contributed by atoms with Gasteiger partial charge in [-0.2, -0.15) is 0 Å². The van der Waals surface area contributed by atoms with Crippen LogP contribution in [0.25, 0.3) is 6.08 Å². The first-order valence-electron chi connectivity index (χ1n) is 7.87. The van der Waals surface area contributed by atoms with Crippen molar-refractivity contribution in [3.05, 3.63) is 71.8 Å². The molecular weight excluding hydrogens is 316 g/mol. The number of carbonyl (C=O) groups excluding carboxylic acids is 1. The standard InChI is InChI=1S/C21H22O4/c1-5-12-25-18-9-6-16(7-10-18)20(22)11-8-17-13-19(23-3)14-21(24-4)15(17)2/h5-11,13-14H,1,12H2,2-4H3. The Morgan fingerprint density at radius 2 is 1.80 bits per heavy atom. The first-order valence-corrected chi connectivity index (χ1v) is 7.87. The molecule has 0 saturated heterocycles. The average Bonchev–Trinajstić information content (AvgIpc) is 2.65. The molecule has 0 aliphatic heterocycles. The number of carbonyl (C=O) groups is 1. The van der Waals surface area contributed by atoms with Crippen molar-refractivity contribution in [2.45, 2.75) is 6.92 Å². The minimum atomic E-state index is -0.0866. The fourth-order valence-corrected chi connectivity index (χ4v) is 2.32. The molecule has 0 aliphatic rings. The van der Waals surface area contributed by atoms with E-state index in [0.717, 1.165) is 16.9 Å². The van der Waals surface area contributed by atoms with Gasteiger partial charge < -0.3 is 14.2 Å². The Bertz CT molecular complexity index is 773. The number of ether oxygens (including phenoxy) is 3. The van der Waals surface area contributed by atoms with Crippen LogP contribution in [0, 0.1) is 6.92 Å². The molecule has 0 aliphatic carbocycles. The minimum absolute atomic E-state index is 0.0866. The molecule has 0 saturated carbocycles. The molecular formula is C21H22O4. The van der Waals surface area contributed by atoms with Gasteiger partial charge in [0.05, 0.1) is 14.2 Å². The van der Waals surface area contributed by atoms with E-state index in [2.05, 4.69) is 6.58 Å². The lowest BCUT2D eigenvalue weighted by Gasteiger charge is -2.10. The number of methoxy groups -OCH3 is 2. The molecule has 0 heterocycles. The number of hydrogen-bond donors (Lipinski definition) is 0. The summed E-state index contributed by atoms with van der Waals surface area (Å²) >= 11 is 0. The van der Waals surface area contributed by atoms with E-state index in [0.29, 0.717) is 23.7 Å². The van der Waals surface area contributed by atoms with E-state index in [1.165, 1.54) is 0 Å². The number of rotatable bonds is 8. The molecule has 2 aromatic carbocycles. The van der Waals surface area contributed by atoms with Crippen molar-refractivity contribution >= 4 is 11.9 Å². The van der Waals surface area contributed by atoms with Crippen LogP contribution in [0.3, 0.4) is 0 Å². The molecule has 2 rings (SSSR count). The molecule has 0 spiro atoms. The first-order chi connectivity index (χ1) is 12.1. The van der Waals surface area contributed by atoms with Crippen molar-refractivity contribution in [1.29, 1.82) is 0 Å². The molecule has 4 heteroatoms. The van der Waals surface area contributed by atoms with Crippen molar-refractivity contribution in [2.75, 3.05) is 20.8 Å². The number of hydrogen-bond acceptors (Lipinski definition) is 4. The molecule has 0 N–H and O–H groups in total. The van der Waals surface area contributed by atoms with Crippen molar-refractivity contribution < 1.29 is 19.0 Å². The second-order valence-corrected chi connectivity index (χ2v) is 5.37. The van der Waals surface area contributed by atoms with Gasteiger partial charge in [0.25, 0.3) is 0 Å². The van der Waals surface area contributed by atoms with Crippen LogP contribution in [-0.4, -0.2) is 26.6 Å². The molecule has 0 fully saturated rings. The van der Waals surface area contributed by atoms with Gasteiger partial charge in [-0.05, 0) is 54.5 Å². The third-order valence-corrected chi connectivity index (χ3v) is 3.75. The summed E-state index contributed by atoms with van der Waals surface area (Å²) in [4.78, 5) is 12.4. The molecule has 0 atom stereocenters. The predicted octanol–water partition coefficient (Wildman–Crippen LogP) is 4.47. The average molecular weight is 338 g/mol. The van der Waals surface area contributed by atoms with E-state index in [9.17, 15) is 4.79 Å². The summed E-state index contributed by atoms with van der Waals surface area (Å²) in [5, 5.41) is 0. The molecule has 130 valence electrons. The quantitative estimate of drug-likeness (QED) is 0.405. The van der Waals surface area contributed by atoms with Gasteiger partial charge in [-0.3, -0.25) is 4.79 Å². The largest absolute Gasteiger partial charge is 0.497 e. The summed E-state index contributed by atoms with van der Waals surface area (Å²) < 4.78 is 16.0. The first kappa shape index (κ1) is 18.3. The van der Waals surface area contributed by atoms with Crippen LogP contribution < -0.4 is 14.2 Å². The second kappa shape index (κ2) is 8.73. The van der Waals surface area contributed by atoms with E-state index in [1.807, 2.05) is 19.1 Å². The van der Waals surface area contributed by atoms with Crippen LogP contribution in [-0.2, 0) is 0 Å². The molecule has 0 amide bonds. The number of ketones is 1. The smallest absolute Gasteiger partial charge is 0.185 e. The van der Waals surface area contributed by atoms with Crippen LogP contribution in [0.15, 0.2) is 55.1 Å².